The van der Waals surface area contributed by atoms with Gasteiger partial charge in [-0.2, -0.15) is 5.10 Å². The van der Waals surface area contributed by atoms with Gasteiger partial charge in [0.1, 0.15) is 5.82 Å². The van der Waals surface area contributed by atoms with Crippen molar-refractivity contribution in [1.82, 2.24) is 9.78 Å². The van der Waals surface area contributed by atoms with Gasteiger partial charge < -0.3 is 5.32 Å². The van der Waals surface area contributed by atoms with Crippen molar-refractivity contribution in [2.45, 2.75) is 37.6 Å². The Balaban J connectivity index is 1.58. The van der Waals surface area contributed by atoms with Gasteiger partial charge in [-0.05, 0) is 62.9 Å². The Morgan fingerprint density at radius 2 is 1.90 bits per heavy atom. The molecule has 1 saturated carbocycles. The van der Waals surface area contributed by atoms with Crippen molar-refractivity contribution < 1.29 is 13.2 Å². The Morgan fingerprint density at radius 3 is 2.58 bits per heavy atom. The summed E-state index contributed by atoms with van der Waals surface area (Å²) in [6.45, 7) is 4.15. The van der Waals surface area contributed by atoms with Gasteiger partial charge in [-0.25, -0.2) is 13.1 Å². The molecule has 0 aliphatic heterocycles. The third-order valence-electron chi connectivity index (χ3n) is 5.62. The van der Waals surface area contributed by atoms with Crippen molar-refractivity contribution in [3.8, 4) is 0 Å². The minimum atomic E-state index is -3.81. The zero-order valence-corrected chi connectivity index (χ0v) is 18.4. The number of carbonyl (C=O) groups excluding carboxylic acids is 1. The van der Waals surface area contributed by atoms with Crippen LogP contribution in [0.15, 0.2) is 71.8 Å². The molecule has 8 heteroatoms. The maximum atomic E-state index is 13.3. The van der Waals surface area contributed by atoms with Crippen molar-refractivity contribution in [3.05, 3.63) is 72.4 Å². The number of rotatable bonds is 8. The normalized spacial score (nSPS) is 14.8. The number of carbonyl (C=O) groups is 1. The largest absolute Gasteiger partial charge is 0.307 e. The predicted octanol–water partition coefficient (Wildman–Crippen LogP) is 4.32. The van der Waals surface area contributed by atoms with E-state index in [-0.39, 0.29) is 29.0 Å². The highest BCUT2D eigenvalue weighted by Gasteiger charge is 2.31. The first-order chi connectivity index (χ1) is 14.9. The number of benzene rings is 2. The number of nitrogens with one attached hydrogen (secondary N) is 1. The predicted molar refractivity (Wildman–Crippen MR) is 121 cm³/mol. The minimum Gasteiger partial charge on any atom is -0.307 e. The lowest BCUT2D eigenvalue weighted by Crippen LogP contribution is -2.31. The molecule has 1 unspecified atom stereocenters. The third kappa shape index (κ3) is 4.34. The van der Waals surface area contributed by atoms with Crippen LogP contribution in [0.1, 0.15) is 43.1 Å². The van der Waals surface area contributed by atoms with Crippen LogP contribution in [0.5, 0.6) is 0 Å². The second-order valence-electron chi connectivity index (χ2n) is 7.73. The van der Waals surface area contributed by atoms with Crippen LogP contribution >= 0.6 is 0 Å². The van der Waals surface area contributed by atoms with Crippen molar-refractivity contribution >= 4 is 27.4 Å². The van der Waals surface area contributed by atoms with Crippen molar-refractivity contribution in [2.75, 3.05) is 16.2 Å². The van der Waals surface area contributed by atoms with Crippen molar-refractivity contribution in [1.29, 1.82) is 0 Å². The Kier molecular flexibility index (Phi) is 5.82. The summed E-state index contributed by atoms with van der Waals surface area (Å²) in [6.07, 6.45) is 4.00. The Labute approximate surface area is 182 Å². The molecule has 7 nitrogen and oxygen atoms in total. The highest BCUT2D eigenvalue weighted by molar-refractivity contribution is 7.92. The number of aromatic nitrogens is 2. The van der Waals surface area contributed by atoms with Gasteiger partial charge in [0.25, 0.3) is 15.9 Å². The molecule has 3 aromatic rings. The lowest BCUT2D eigenvalue weighted by atomic mass is 10.2. The van der Waals surface area contributed by atoms with E-state index in [0.29, 0.717) is 17.4 Å². The van der Waals surface area contributed by atoms with E-state index in [1.807, 2.05) is 10.7 Å². The summed E-state index contributed by atoms with van der Waals surface area (Å²) in [6, 6.07) is 17.0. The van der Waals surface area contributed by atoms with E-state index in [2.05, 4.69) is 17.3 Å². The fourth-order valence-electron chi connectivity index (χ4n) is 3.72. The lowest BCUT2D eigenvalue weighted by molar-refractivity contribution is 0.102. The molecule has 1 fully saturated rings. The standard InChI is InChI=1S/C23H26N4O3S/c1-3-26(20-9-5-4-6-10-20)31(29,30)21-11-7-8-19(16-21)23(28)25-22-14-15-24-27(22)17(2)18-12-13-18/h4-11,14-18H,3,12-13H2,1-2H3,(H,25,28). The molecule has 0 spiro atoms. The number of hydrogen-bond acceptors (Lipinski definition) is 4. The molecule has 1 aliphatic rings. The van der Waals surface area contributed by atoms with Crippen LogP contribution in [0, 0.1) is 5.92 Å². The van der Waals surface area contributed by atoms with Crippen LogP contribution in [-0.4, -0.2) is 30.7 Å². The van der Waals surface area contributed by atoms with E-state index in [1.165, 1.54) is 29.3 Å². The number of anilines is 2. The average Bonchev–Trinajstić information content (AvgIpc) is 3.53. The van der Waals surface area contributed by atoms with Gasteiger partial charge in [-0.1, -0.05) is 24.3 Å². The van der Waals surface area contributed by atoms with Gasteiger partial charge in [0.05, 0.1) is 22.8 Å². The molecule has 0 radical (unpaired) electrons. The average molecular weight is 439 g/mol. The first kappa shape index (κ1) is 21.1. The Morgan fingerprint density at radius 1 is 1.16 bits per heavy atom. The Hall–Kier alpha value is -3.13. The monoisotopic (exact) mass is 438 g/mol. The smallest absolute Gasteiger partial charge is 0.264 e. The second-order valence-corrected chi connectivity index (χ2v) is 9.59. The van der Waals surface area contributed by atoms with Gasteiger partial charge in [0, 0.05) is 18.2 Å². The molecule has 2 aromatic carbocycles. The lowest BCUT2D eigenvalue weighted by Gasteiger charge is -2.23. The summed E-state index contributed by atoms with van der Waals surface area (Å²) in [5, 5.41) is 7.23. The van der Waals surface area contributed by atoms with E-state index in [4.69, 9.17) is 0 Å². The summed E-state index contributed by atoms with van der Waals surface area (Å²) in [4.78, 5) is 13.0. The summed E-state index contributed by atoms with van der Waals surface area (Å²) < 4.78 is 29.7. The molecule has 1 aromatic heterocycles. The second kappa shape index (κ2) is 8.55. The molecule has 1 heterocycles. The minimum absolute atomic E-state index is 0.0747. The molecule has 0 bridgehead atoms. The van der Waals surface area contributed by atoms with Gasteiger partial charge >= 0.3 is 0 Å². The van der Waals surface area contributed by atoms with Gasteiger partial charge in [0.2, 0.25) is 0 Å². The third-order valence-corrected chi connectivity index (χ3v) is 7.52. The zero-order valence-electron chi connectivity index (χ0n) is 17.6. The van der Waals surface area contributed by atoms with E-state index in [1.54, 1.807) is 55.6 Å². The fraction of sp³-hybridized carbons (Fsp3) is 0.304. The maximum absolute atomic E-state index is 13.3. The van der Waals surface area contributed by atoms with Crippen LogP contribution in [0.2, 0.25) is 0 Å². The first-order valence-corrected chi connectivity index (χ1v) is 11.9. The number of para-hydroxylation sites is 1. The SMILES string of the molecule is CCN(c1ccccc1)S(=O)(=O)c1cccc(C(=O)Nc2ccnn2C(C)C2CC2)c1. The summed E-state index contributed by atoms with van der Waals surface area (Å²) in [5.74, 6) is 0.823. The molecule has 0 saturated heterocycles. The molecule has 1 atom stereocenters. The fourth-order valence-corrected chi connectivity index (χ4v) is 5.24. The van der Waals surface area contributed by atoms with Gasteiger partial charge in [-0.3, -0.25) is 9.10 Å². The number of hydrogen-bond donors (Lipinski definition) is 1. The summed E-state index contributed by atoms with van der Waals surface area (Å²) in [5.41, 5.74) is 0.856. The van der Waals surface area contributed by atoms with E-state index in [0.717, 1.165) is 0 Å². The van der Waals surface area contributed by atoms with Crippen LogP contribution < -0.4 is 9.62 Å². The quantitative estimate of drug-likeness (QED) is 0.568. The highest BCUT2D eigenvalue weighted by atomic mass is 32.2. The molecule has 162 valence electrons. The van der Waals surface area contributed by atoms with Gasteiger partial charge in [-0.15, -0.1) is 0 Å². The van der Waals surface area contributed by atoms with Crippen LogP contribution in [-0.2, 0) is 10.0 Å². The zero-order chi connectivity index (χ0) is 22.0. The van der Waals surface area contributed by atoms with E-state index < -0.39 is 10.0 Å². The molecule has 1 aliphatic carbocycles. The van der Waals surface area contributed by atoms with E-state index in [9.17, 15) is 13.2 Å². The number of sulfonamides is 1. The van der Waals surface area contributed by atoms with E-state index >= 15 is 0 Å². The first-order valence-electron chi connectivity index (χ1n) is 10.4. The van der Waals surface area contributed by atoms with Crippen LogP contribution in [0.4, 0.5) is 11.5 Å². The number of nitrogens with zero attached hydrogens (tertiary/aromatic N) is 3. The van der Waals surface area contributed by atoms with Crippen molar-refractivity contribution in [2.24, 2.45) is 5.92 Å². The number of amides is 1. The molecule has 31 heavy (non-hydrogen) atoms. The van der Waals surface area contributed by atoms with Crippen LogP contribution in [0.25, 0.3) is 0 Å². The summed E-state index contributed by atoms with van der Waals surface area (Å²) >= 11 is 0. The maximum Gasteiger partial charge on any atom is 0.264 e. The molecule has 1 N–H and O–H groups in total. The topological polar surface area (TPSA) is 84.3 Å². The van der Waals surface area contributed by atoms with Crippen molar-refractivity contribution in [3.63, 3.8) is 0 Å². The highest BCUT2D eigenvalue weighted by Crippen LogP contribution is 2.40. The molecule has 4 rings (SSSR count). The molecular weight excluding hydrogens is 412 g/mol. The molecular formula is C23H26N4O3S. The summed E-state index contributed by atoms with van der Waals surface area (Å²) in [7, 11) is -3.81. The van der Waals surface area contributed by atoms with Crippen LogP contribution in [0.3, 0.4) is 0 Å². The van der Waals surface area contributed by atoms with Gasteiger partial charge in [0.15, 0.2) is 0 Å². The molecule has 1 amide bonds. The Bertz CT molecular complexity index is 1170.